The van der Waals surface area contributed by atoms with Gasteiger partial charge in [-0.3, -0.25) is 9.48 Å². The SMILES string of the molecule is Cn1ccc(C(=O)NC2CCCN(c3ncc(Cl)cn3)C2)n1. The van der Waals surface area contributed by atoms with E-state index in [0.717, 1.165) is 19.4 Å². The van der Waals surface area contributed by atoms with Crippen LogP contribution in [0.2, 0.25) is 5.02 Å². The molecule has 7 nitrogen and oxygen atoms in total. The van der Waals surface area contributed by atoms with Crippen LogP contribution in [0.3, 0.4) is 0 Å². The van der Waals surface area contributed by atoms with Crippen LogP contribution in [0.5, 0.6) is 0 Å². The zero-order valence-electron chi connectivity index (χ0n) is 12.2. The molecule has 0 aromatic carbocycles. The van der Waals surface area contributed by atoms with Gasteiger partial charge in [0.2, 0.25) is 5.95 Å². The minimum Gasteiger partial charge on any atom is -0.346 e. The van der Waals surface area contributed by atoms with Crippen molar-refractivity contribution in [2.24, 2.45) is 7.05 Å². The second-order valence-corrected chi connectivity index (χ2v) is 5.77. The van der Waals surface area contributed by atoms with Crippen molar-refractivity contribution in [1.82, 2.24) is 25.1 Å². The summed E-state index contributed by atoms with van der Waals surface area (Å²) in [6.07, 6.45) is 6.82. The number of aromatic nitrogens is 4. The van der Waals surface area contributed by atoms with Crippen molar-refractivity contribution in [1.29, 1.82) is 0 Å². The number of hydrogen-bond donors (Lipinski definition) is 1. The minimum absolute atomic E-state index is 0.0579. The smallest absolute Gasteiger partial charge is 0.272 e. The summed E-state index contributed by atoms with van der Waals surface area (Å²) in [4.78, 5) is 22.7. The number of carbonyl (C=O) groups is 1. The number of amides is 1. The molecule has 1 saturated heterocycles. The molecule has 0 saturated carbocycles. The number of nitrogens with one attached hydrogen (secondary N) is 1. The van der Waals surface area contributed by atoms with Crippen LogP contribution in [-0.2, 0) is 7.05 Å². The van der Waals surface area contributed by atoms with Gasteiger partial charge in [0, 0.05) is 32.4 Å². The summed E-state index contributed by atoms with van der Waals surface area (Å²) < 4.78 is 1.61. The quantitative estimate of drug-likeness (QED) is 0.921. The molecule has 1 atom stereocenters. The molecule has 0 radical (unpaired) electrons. The summed E-state index contributed by atoms with van der Waals surface area (Å²) in [5, 5.41) is 7.65. The van der Waals surface area contributed by atoms with Crippen LogP contribution in [0, 0.1) is 0 Å². The average molecular weight is 321 g/mol. The van der Waals surface area contributed by atoms with Crippen molar-refractivity contribution in [3.63, 3.8) is 0 Å². The molecule has 116 valence electrons. The van der Waals surface area contributed by atoms with Gasteiger partial charge in [-0.25, -0.2) is 9.97 Å². The molecular weight excluding hydrogens is 304 g/mol. The van der Waals surface area contributed by atoms with Gasteiger partial charge in [0.15, 0.2) is 0 Å². The predicted molar refractivity (Wildman–Crippen MR) is 83.0 cm³/mol. The fourth-order valence-corrected chi connectivity index (χ4v) is 2.64. The van der Waals surface area contributed by atoms with Crippen LogP contribution in [0.15, 0.2) is 24.7 Å². The molecule has 22 heavy (non-hydrogen) atoms. The van der Waals surface area contributed by atoms with E-state index in [-0.39, 0.29) is 11.9 Å². The van der Waals surface area contributed by atoms with Crippen molar-refractivity contribution >= 4 is 23.5 Å². The first-order chi connectivity index (χ1) is 10.6. The van der Waals surface area contributed by atoms with Crippen LogP contribution < -0.4 is 10.2 Å². The molecule has 1 fully saturated rings. The number of aryl methyl sites for hydroxylation is 1. The molecule has 0 bridgehead atoms. The molecule has 2 aromatic rings. The van der Waals surface area contributed by atoms with E-state index in [9.17, 15) is 4.79 Å². The largest absolute Gasteiger partial charge is 0.346 e. The highest BCUT2D eigenvalue weighted by Crippen LogP contribution is 2.17. The molecule has 1 aliphatic heterocycles. The third-order valence-corrected chi connectivity index (χ3v) is 3.79. The van der Waals surface area contributed by atoms with Gasteiger partial charge >= 0.3 is 0 Å². The van der Waals surface area contributed by atoms with Gasteiger partial charge in [-0.15, -0.1) is 0 Å². The topological polar surface area (TPSA) is 75.9 Å². The summed E-state index contributed by atoms with van der Waals surface area (Å²) in [5.74, 6) is 0.491. The fraction of sp³-hybridized carbons (Fsp3) is 0.429. The molecule has 1 amide bonds. The zero-order chi connectivity index (χ0) is 15.5. The molecular formula is C14H17ClN6O. The number of hydrogen-bond acceptors (Lipinski definition) is 5. The molecule has 1 unspecified atom stereocenters. The second kappa shape index (κ2) is 6.31. The lowest BCUT2D eigenvalue weighted by atomic mass is 10.1. The molecule has 3 rings (SSSR count). The third-order valence-electron chi connectivity index (χ3n) is 3.59. The van der Waals surface area contributed by atoms with Gasteiger partial charge < -0.3 is 10.2 Å². The Bertz CT molecular complexity index is 656. The maximum Gasteiger partial charge on any atom is 0.272 e. The van der Waals surface area contributed by atoms with Crippen LogP contribution in [-0.4, -0.2) is 44.8 Å². The molecule has 1 aliphatic rings. The lowest BCUT2D eigenvalue weighted by Crippen LogP contribution is -2.48. The third kappa shape index (κ3) is 3.36. The number of halogens is 1. The monoisotopic (exact) mass is 320 g/mol. The summed E-state index contributed by atoms with van der Waals surface area (Å²) in [6.45, 7) is 1.55. The molecule has 0 spiro atoms. The van der Waals surface area contributed by atoms with Gasteiger partial charge in [0.1, 0.15) is 5.69 Å². The molecule has 0 aliphatic carbocycles. The number of nitrogens with zero attached hydrogens (tertiary/aromatic N) is 5. The number of rotatable bonds is 3. The minimum atomic E-state index is -0.149. The Morgan fingerprint density at radius 1 is 1.41 bits per heavy atom. The Morgan fingerprint density at radius 2 is 2.18 bits per heavy atom. The van der Waals surface area contributed by atoms with Crippen molar-refractivity contribution in [3.8, 4) is 0 Å². The van der Waals surface area contributed by atoms with Crippen molar-refractivity contribution < 1.29 is 4.79 Å². The molecule has 2 aromatic heterocycles. The van der Waals surface area contributed by atoms with Crippen LogP contribution in [0.25, 0.3) is 0 Å². The van der Waals surface area contributed by atoms with E-state index in [1.54, 1.807) is 36.4 Å². The number of carbonyl (C=O) groups excluding carboxylic acids is 1. The standard InChI is InChI=1S/C14H17ClN6O/c1-20-6-4-12(19-20)13(22)18-11-3-2-5-21(9-11)14-16-7-10(15)8-17-14/h4,6-8,11H,2-3,5,9H2,1H3,(H,18,22). The Labute approximate surface area is 133 Å². The summed E-state index contributed by atoms with van der Waals surface area (Å²) in [5.41, 5.74) is 0.433. The summed E-state index contributed by atoms with van der Waals surface area (Å²) >= 11 is 5.81. The molecule has 8 heteroatoms. The first-order valence-corrected chi connectivity index (χ1v) is 7.52. The van der Waals surface area contributed by atoms with Gasteiger partial charge in [0.25, 0.3) is 5.91 Å². The summed E-state index contributed by atoms with van der Waals surface area (Å²) in [7, 11) is 1.79. The first kappa shape index (κ1) is 14.8. The van der Waals surface area contributed by atoms with E-state index < -0.39 is 0 Å². The Kier molecular flexibility index (Phi) is 4.24. The number of piperidine rings is 1. The Morgan fingerprint density at radius 3 is 2.86 bits per heavy atom. The van der Waals surface area contributed by atoms with E-state index in [1.807, 2.05) is 0 Å². The molecule has 1 N–H and O–H groups in total. The maximum absolute atomic E-state index is 12.2. The van der Waals surface area contributed by atoms with E-state index in [0.29, 0.717) is 23.2 Å². The van der Waals surface area contributed by atoms with Crippen LogP contribution in [0.4, 0.5) is 5.95 Å². The van der Waals surface area contributed by atoms with E-state index in [1.165, 1.54) is 0 Å². The highest BCUT2D eigenvalue weighted by molar-refractivity contribution is 6.30. The van der Waals surface area contributed by atoms with Crippen molar-refractivity contribution in [3.05, 3.63) is 35.4 Å². The van der Waals surface area contributed by atoms with Crippen LogP contribution in [0.1, 0.15) is 23.3 Å². The van der Waals surface area contributed by atoms with Gasteiger partial charge in [-0.1, -0.05) is 11.6 Å². The molecule has 3 heterocycles. The zero-order valence-corrected chi connectivity index (χ0v) is 13.0. The van der Waals surface area contributed by atoms with E-state index in [2.05, 4.69) is 25.3 Å². The predicted octanol–water partition coefficient (Wildman–Crippen LogP) is 1.26. The fourth-order valence-electron chi connectivity index (χ4n) is 2.54. The van der Waals surface area contributed by atoms with Gasteiger partial charge in [-0.2, -0.15) is 5.10 Å². The van der Waals surface area contributed by atoms with E-state index >= 15 is 0 Å². The van der Waals surface area contributed by atoms with Crippen molar-refractivity contribution in [2.75, 3.05) is 18.0 Å². The van der Waals surface area contributed by atoms with E-state index in [4.69, 9.17) is 11.6 Å². The lowest BCUT2D eigenvalue weighted by molar-refractivity contribution is 0.0927. The highest BCUT2D eigenvalue weighted by atomic mass is 35.5. The summed E-state index contributed by atoms with van der Waals surface area (Å²) in [6, 6.07) is 1.76. The van der Waals surface area contributed by atoms with Gasteiger partial charge in [0.05, 0.1) is 17.4 Å². The van der Waals surface area contributed by atoms with Crippen molar-refractivity contribution in [2.45, 2.75) is 18.9 Å². The second-order valence-electron chi connectivity index (χ2n) is 5.33. The highest BCUT2D eigenvalue weighted by Gasteiger charge is 2.24. The maximum atomic E-state index is 12.2. The van der Waals surface area contributed by atoms with Crippen LogP contribution >= 0.6 is 11.6 Å². The number of anilines is 1. The average Bonchev–Trinajstić information content (AvgIpc) is 2.95. The lowest BCUT2D eigenvalue weighted by Gasteiger charge is -2.32. The van der Waals surface area contributed by atoms with Gasteiger partial charge in [-0.05, 0) is 18.9 Å². The first-order valence-electron chi connectivity index (χ1n) is 7.15. The Hall–Kier alpha value is -2.15. The normalized spacial score (nSPS) is 18.3. The Balaban J connectivity index is 1.63.